The van der Waals surface area contributed by atoms with Gasteiger partial charge in [0.05, 0.1) is 6.61 Å². The second-order valence-electron chi connectivity index (χ2n) is 3.65. The third-order valence-corrected chi connectivity index (χ3v) is 2.62. The minimum atomic E-state index is 0.572. The lowest BCUT2D eigenvalue weighted by atomic mass is 9.98. The van der Waals surface area contributed by atoms with E-state index >= 15 is 0 Å². The molecule has 0 radical (unpaired) electrons. The first-order chi connectivity index (χ1) is 5.74. The van der Waals surface area contributed by atoms with Gasteiger partial charge in [-0.3, -0.25) is 0 Å². The highest BCUT2D eigenvalue weighted by Gasteiger charge is 2.14. The number of ether oxygens (including phenoxy) is 1. The first-order valence-corrected chi connectivity index (χ1v) is 5.11. The molecule has 0 saturated carbocycles. The van der Waals surface area contributed by atoms with E-state index in [-0.39, 0.29) is 0 Å². The van der Waals surface area contributed by atoms with Crippen LogP contribution in [0.25, 0.3) is 0 Å². The molecule has 1 saturated heterocycles. The van der Waals surface area contributed by atoms with Crippen LogP contribution < -0.4 is 0 Å². The number of hydrogen-bond acceptors (Lipinski definition) is 1. The Morgan fingerprint density at radius 2 is 2.42 bits per heavy atom. The maximum absolute atomic E-state index is 5.83. The smallest absolute Gasteiger partial charge is 0.0529 e. The van der Waals surface area contributed by atoms with Gasteiger partial charge >= 0.3 is 0 Å². The summed E-state index contributed by atoms with van der Waals surface area (Å²) in [7, 11) is 0. The van der Waals surface area contributed by atoms with Crippen LogP contribution in [0, 0.1) is 11.8 Å². The molecule has 0 aromatic heterocycles. The maximum Gasteiger partial charge on any atom is 0.0529 e. The summed E-state index contributed by atoms with van der Waals surface area (Å²) in [6.07, 6.45) is 3.46. The van der Waals surface area contributed by atoms with E-state index in [1.54, 1.807) is 0 Å². The van der Waals surface area contributed by atoms with Gasteiger partial charge in [0, 0.05) is 18.4 Å². The molecule has 1 unspecified atom stereocenters. The molecule has 0 aromatic rings. The quantitative estimate of drug-likeness (QED) is 0.489. The lowest BCUT2D eigenvalue weighted by molar-refractivity contribution is 0.191. The van der Waals surface area contributed by atoms with Crippen LogP contribution in [0.4, 0.5) is 0 Å². The van der Waals surface area contributed by atoms with Crippen LogP contribution in [0.1, 0.15) is 20.3 Å². The minimum Gasteiger partial charge on any atom is -0.381 e. The molecule has 0 bridgehead atoms. The highest BCUT2D eigenvalue weighted by atomic mass is 35.5. The van der Waals surface area contributed by atoms with Gasteiger partial charge in [0.15, 0.2) is 0 Å². The number of hydrogen-bond donors (Lipinski definition) is 0. The van der Waals surface area contributed by atoms with Crippen LogP contribution in [0.2, 0.25) is 0 Å². The van der Waals surface area contributed by atoms with Crippen molar-refractivity contribution in [1.82, 2.24) is 0 Å². The van der Waals surface area contributed by atoms with Crippen LogP contribution in [-0.2, 0) is 4.74 Å². The molecule has 1 fully saturated rings. The van der Waals surface area contributed by atoms with Gasteiger partial charge in [0.25, 0.3) is 0 Å². The highest BCUT2D eigenvalue weighted by Crippen LogP contribution is 2.20. The van der Waals surface area contributed by atoms with Crippen LogP contribution in [-0.4, -0.2) is 19.1 Å². The van der Waals surface area contributed by atoms with E-state index < -0.39 is 0 Å². The first kappa shape index (κ1) is 10.1. The van der Waals surface area contributed by atoms with Crippen molar-refractivity contribution in [2.75, 3.05) is 19.1 Å². The molecule has 70 valence electrons. The predicted octanol–water partition coefficient (Wildman–Crippen LogP) is 2.84. The number of rotatable bonds is 3. The van der Waals surface area contributed by atoms with E-state index in [9.17, 15) is 0 Å². The summed E-state index contributed by atoms with van der Waals surface area (Å²) in [5.41, 5.74) is 1.35. The van der Waals surface area contributed by atoms with E-state index in [1.807, 2.05) is 0 Å². The van der Waals surface area contributed by atoms with E-state index in [0.717, 1.165) is 19.6 Å². The van der Waals surface area contributed by atoms with Gasteiger partial charge in [-0.2, -0.15) is 0 Å². The first-order valence-electron chi connectivity index (χ1n) is 4.58. The minimum absolute atomic E-state index is 0.572. The largest absolute Gasteiger partial charge is 0.381 e. The summed E-state index contributed by atoms with van der Waals surface area (Å²) in [5.74, 6) is 1.85. The molecule has 2 heteroatoms. The average Bonchev–Trinajstić information content (AvgIpc) is 2.51. The lowest BCUT2D eigenvalue weighted by Gasteiger charge is -2.10. The molecule has 12 heavy (non-hydrogen) atoms. The van der Waals surface area contributed by atoms with Crippen molar-refractivity contribution in [3.8, 4) is 0 Å². The Bertz CT molecular complexity index is 157. The molecular formula is C10H17ClO. The molecule has 1 aliphatic rings. The summed E-state index contributed by atoms with van der Waals surface area (Å²) < 4.78 is 5.29. The van der Waals surface area contributed by atoms with Crippen LogP contribution in [0.15, 0.2) is 11.6 Å². The molecule has 1 rings (SSSR count). The predicted molar refractivity (Wildman–Crippen MR) is 52.6 cm³/mol. The second kappa shape index (κ2) is 4.88. The van der Waals surface area contributed by atoms with Gasteiger partial charge in [0.1, 0.15) is 0 Å². The summed E-state index contributed by atoms with van der Waals surface area (Å²) in [5, 5.41) is 0. The van der Waals surface area contributed by atoms with E-state index in [4.69, 9.17) is 16.3 Å². The zero-order chi connectivity index (χ0) is 8.97. The number of allylic oxidation sites excluding steroid dienone is 1. The Labute approximate surface area is 79.7 Å². The normalized spacial score (nSPS) is 25.3. The van der Waals surface area contributed by atoms with Crippen molar-refractivity contribution in [3.05, 3.63) is 11.6 Å². The van der Waals surface area contributed by atoms with E-state index in [1.165, 1.54) is 5.57 Å². The van der Waals surface area contributed by atoms with Crippen molar-refractivity contribution >= 4 is 11.6 Å². The summed E-state index contributed by atoms with van der Waals surface area (Å²) >= 11 is 5.83. The lowest BCUT2D eigenvalue weighted by Crippen LogP contribution is -2.02. The second-order valence-corrected chi connectivity index (χ2v) is 3.92. The van der Waals surface area contributed by atoms with Gasteiger partial charge in [0.2, 0.25) is 0 Å². The Morgan fingerprint density at radius 1 is 1.67 bits per heavy atom. The monoisotopic (exact) mass is 188 g/mol. The molecule has 0 aromatic carbocycles. The Morgan fingerprint density at radius 3 is 2.83 bits per heavy atom. The van der Waals surface area contributed by atoms with Crippen LogP contribution >= 0.6 is 11.6 Å². The SMILES string of the molecule is CC(C)/C(=C\C1CCOC1)CCl. The summed E-state index contributed by atoms with van der Waals surface area (Å²) in [6.45, 7) is 6.16. The molecule has 0 spiro atoms. The van der Waals surface area contributed by atoms with Crippen LogP contribution in [0.3, 0.4) is 0 Å². The molecule has 0 N–H and O–H groups in total. The van der Waals surface area contributed by atoms with Crippen molar-refractivity contribution in [2.24, 2.45) is 11.8 Å². The molecule has 0 aliphatic carbocycles. The van der Waals surface area contributed by atoms with Crippen molar-refractivity contribution in [1.29, 1.82) is 0 Å². The summed E-state index contributed by atoms with van der Waals surface area (Å²) in [6, 6.07) is 0. The Hall–Kier alpha value is -0.0100. The van der Waals surface area contributed by atoms with Gasteiger partial charge in [-0.05, 0) is 12.3 Å². The fraction of sp³-hybridized carbons (Fsp3) is 0.800. The third-order valence-electron chi connectivity index (χ3n) is 2.31. The van der Waals surface area contributed by atoms with Crippen molar-refractivity contribution < 1.29 is 4.74 Å². The molecule has 1 aliphatic heterocycles. The Kier molecular flexibility index (Phi) is 4.10. The van der Waals surface area contributed by atoms with Crippen molar-refractivity contribution in [3.63, 3.8) is 0 Å². The fourth-order valence-corrected chi connectivity index (χ4v) is 1.78. The summed E-state index contributed by atoms with van der Waals surface area (Å²) in [4.78, 5) is 0. The topological polar surface area (TPSA) is 9.23 Å². The third kappa shape index (κ3) is 2.80. The highest BCUT2D eigenvalue weighted by molar-refractivity contribution is 6.19. The van der Waals surface area contributed by atoms with Gasteiger partial charge in [-0.15, -0.1) is 11.6 Å². The molecular weight excluding hydrogens is 172 g/mol. The number of alkyl halides is 1. The zero-order valence-electron chi connectivity index (χ0n) is 7.85. The van der Waals surface area contributed by atoms with Gasteiger partial charge < -0.3 is 4.74 Å². The molecule has 0 amide bonds. The molecule has 1 heterocycles. The Balaban J connectivity index is 2.50. The standard InChI is InChI=1S/C10H17ClO/c1-8(2)10(6-11)5-9-3-4-12-7-9/h5,8-9H,3-4,6-7H2,1-2H3/b10-5-. The van der Waals surface area contributed by atoms with Gasteiger partial charge in [-0.1, -0.05) is 25.5 Å². The maximum atomic E-state index is 5.83. The molecule has 1 nitrogen and oxygen atoms in total. The van der Waals surface area contributed by atoms with E-state index in [2.05, 4.69) is 19.9 Å². The van der Waals surface area contributed by atoms with Crippen LogP contribution in [0.5, 0.6) is 0 Å². The fourth-order valence-electron chi connectivity index (χ4n) is 1.38. The average molecular weight is 189 g/mol. The number of halogens is 1. The zero-order valence-corrected chi connectivity index (χ0v) is 8.60. The molecule has 1 atom stereocenters. The van der Waals surface area contributed by atoms with E-state index in [0.29, 0.717) is 17.7 Å². The van der Waals surface area contributed by atoms with Crippen molar-refractivity contribution in [2.45, 2.75) is 20.3 Å². The van der Waals surface area contributed by atoms with Gasteiger partial charge in [-0.25, -0.2) is 0 Å².